The van der Waals surface area contributed by atoms with Gasteiger partial charge in [-0.15, -0.1) is 0 Å². The van der Waals surface area contributed by atoms with Crippen LogP contribution in [0.1, 0.15) is 29.8 Å². The number of thioether (sulfide) groups is 1. The second kappa shape index (κ2) is 8.70. The van der Waals surface area contributed by atoms with Gasteiger partial charge in [0.25, 0.3) is 11.5 Å². The Bertz CT molecular complexity index is 1250. The third-order valence-corrected chi connectivity index (χ3v) is 5.50. The van der Waals surface area contributed by atoms with Crippen LogP contribution >= 0.6 is 11.8 Å². The Labute approximate surface area is 182 Å². The van der Waals surface area contributed by atoms with Crippen molar-refractivity contribution in [3.8, 4) is 17.6 Å². The van der Waals surface area contributed by atoms with Crippen LogP contribution in [0.4, 0.5) is 0 Å². The van der Waals surface area contributed by atoms with E-state index in [2.05, 4.69) is 16.4 Å². The Balaban J connectivity index is 1.71. The molecule has 0 unspecified atom stereocenters. The highest BCUT2D eigenvalue weighted by atomic mass is 32.2. The molecule has 31 heavy (non-hydrogen) atoms. The van der Waals surface area contributed by atoms with E-state index in [9.17, 15) is 9.59 Å². The van der Waals surface area contributed by atoms with Crippen molar-refractivity contribution in [1.29, 1.82) is 5.26 Å². The van der Waals surface area contributed by atoms with E-state index in [0.29, 0.717) is 33.1 Å². The normalized spacial score (nSPS) is 12.2. The first-order chi connectivity index (χ1) is 15.0. The van der Waals surface area contributed by atoms with E-state index in [-0.39, 0.29) is 36.6 Å². The van der Waals surface area contributed by atoms with Crippen molar-refractivity contribution in [2.75, 3.05) is 12.5 Å². The predicted octanol–water partition coefficient (Wildman–Crippen LogP) is 2.93. The first-order valence-electron chi connectivity index (χ1n) is 9.70. The number of benzene rings is 2. The average molecular weight is 436 g/mol. The molecule has 1 aliphatic heterocycles. The fourth-order valence-corrected chi connectivity index (χ4v) is 3.89. The lowest BCUT2D eigenvalue weighted by Crippen LogP contribution is -2.30. The number of fused-ring (bicyclic) bond motifs is 2. The third kappa shape index (κ3) is 4.34. The number of nitrogens with zero attached hydrogens (tertiary/aromatic N) is 3. The molecule has 1 aliphatic rings. The zero-order chi connectivity index (χ0) is 22.0. The van der Waals surface area contributed by atoms with Gasteiger partial charge in [0.15, 0.2) is 16.7 Å². The van der Waals surface area contributed by atoms with Gasteiger partial charge in [0.05, 0.1) is 29.3 Å². The first kappa shape index (κ1) is 20.8. The molecule has 0 bridgehead atoms. The van der Waals surface area contributed by atoms with E-state index in [1.165, 1.54) is 16.3 Å². The summed E-state index contributed by atoms with van der Waals surface area (Å²) >= 11 is 1.20. The average Bonchev–Trinajstić information content (AvgIpc) is 3.20. The number of aromatic nitrogens is 2. The Kier molecular flexibility index (Phi) is 5.82. The highest BCUT2D eigenvalue weighted by Crippen LogP contribution is 2.35. The van der Waals surface area contributed by atoms with E-state index in [1.54, 1.807) is 24.3 Å². The van der Waals surface area contributed by atoms with Gasteiger partial charge in [0.1, 0.15) is 0 Å². The molecule has 2 heterocycles. The molecule has 4 rings (SSSR count). The fourth-order valence-electron chi connectivity index (χ4n) is 3.23. The molecular weight excluding hydrogens is 416 g/mol. The fraction of sp³-hybridized carbons (Fsp3) is 0.273. The molecule has 1 amide bonds. The number of rotatable bonds is 6. The largest absolute Gasteiger partial charge is 0.454 e. The second-order valence-electron chi connectivity index (χ2n) is 7.28. The Morgan fingerprint density at radius 2 is 1.97 bits per heavy atom. The second-order valence-corrected chi connectivity index (χ2v) is 8.22. The van der Waals surface area contributed by atoms with Crippen molar-refractivity contribution in [2.24, 2.45) is 0 Å². The predicted molar refractivity (Wildman–Crippen MR) is 117 cm³/mol. The summed E-state index contributed by atoms with van der Waals surface area (Å²) in [5.41, 5.74) is 1.65. The van der Waals surface area contributed by atoms with Crippen LogP contribution in [0, 0.1) is 11.3 Å². The third-order valence-electron chi connectivity index (χ3n) is 4.66. The molecule has 0 radical (unpaired) electrons. The number of amides is 1. The van der Waals surface area contributed by atoms with Crippen molar-refractivity contribution >= 4 is 28.6 Å². The van der Waals surface area contributed by atoms with E-state index >= 15 is 0 Å². The standard InChI is InChI=1S/C22H20N4O4S/c1-13(2)24-20(27)15-5-3-14(4-6-15)11-26-21(28)16-9-18-19(30-12-29-18)10-17(16)25-22(26)31-8-7-23/h3-6,9-10,13H,8,11-12H2,1-2H3,(H,24,27). The van der Waals surface area contributed by atoms with Crippen LogP contribution in [-0.2, 0) is 6.54 Å². The molecule has 0 saturated heterocycles. The number of nitrogens with one attached hydrogen (secondary N) is 1. The zero-order valence-electron chi connectivity index (χ0n) is 17.0. The van der Waals surface area contributed by atoms with Crippen molar-refractivity contribution in [2.45, 2.75) is 31.6 Å². The lowest BCUT2D eigenvalue weighted by atomic mass is 10.1. The highest BCUT2D eigenvalue weighted by molar-refractivity contribution is 7.99. The van der Waals surface area contributed by atoms with Gasteiger partial charge in [-0.3, -0.25) is 14.2 Å². The SMILES string of the molecule is CC(C)NC(=O)c1ccc(Cn2c(SCC#N)nc3cc4c(cc3c2=O)OCO4)cc1. The summed E-state index contributed by atoms with van der Waals surface area (Å²) in [6.45, 7) is 4.17. The van der Waals surface area contributed by atoms with Gasteiger partial charge in [0, 0.05) is 17.7 Å². The summed E-state index contributed by atoms with van der Waals surface area (Å²) in [4.78, 5) is 30.0. The molecule has 9 heteroatoms. The zero-order valence-corrected chi connectivity index (χ0v) is 17.9. The van der Waals surface area contributed by atoms with Crippen LogP contribution < -0.4 is 20.3 Å². The van der Waals surface area contributed by atoms with Gasteiger partial charge in [-0.2, -0.15) is 5.26 Å². The molecular formula is C22H20N4O4S. The molecule has 0 fully saturated rings. The van der Waals surface area contributed by atoms with Gasteiger partial charge in [-0.05, 0) is 37.6 Å². The van der Waals surface area contributed by atoms with Gasteiger partial charge in [-0.1, -0.05) is 23.9 Å². The highest BCUT2D eigenvalue weighted by Gasteiger charge is 2.19. The summed E-state index contributed by atoms with van der Waals surface area (Å²) in [6.07, 6.45) is 0. The molecule has 3 aromatic rings. The number of ether oxygens (including phenoxy) is 2. The van der Waals surface area contributed by atoms with Crippen LogP contribution in [0.5, 0.6) is 11.5 Å². The maximum atomic E-state index is 13.3. The molecule has 1 N–H and O–H groups in total. The summed E-state index contributed by atoms with van der Waals surface area (Å²) in [5.74, 6) is 1.07. The van der Waals surface area contributed by atoms with E-state index in [1.807, 2.05) is 26.0 Å². The summed E-state index contributed by atoms with van der Waals surface area (Å²) in [6, 6.07) is 12.5. The monoisotopic (exact) mass is 436 g/mol. The van der Waals surface area contributed by atoms with Crippen molar-refractivity contribution in [3.63, 3.8) is 0 Å². The molecule has 0 atom stereocenters. The number of nitriles is 1. The van der Waals surface area contributed by atoms with Crippen molar-refractivity contribution in [1.82, 2.24) is 14.9 Å². The topological polar surface area (TPSA) is 106 Å². The Morgan fingerprint density at radius 3 is 2.65 bits per heavy atom. The van der Waals surface area contributed by atoms with Crippen molar-refractivity contribution < 1.29 is 14.3 Å². The maximum Gasteiger partial charge on any atom is 0.262 e. The lowest BCUT2D eigenvalue weighted by molar-refractivity contribution is 0.0943. The van der Waals surface area contributed by atoms with Crippen LogP contribution in [0.2, 0.25) is 0 Å². The summed E-state index contributed by atoms with van der Waals surface area (Å²) < 4.78 is 12.3. The molecule has 0 aliphatic carbocycles. The number of carbonyl (C=O) groups is 1. The smallest absolute Gasteiger partial charge is 0.262 e. The number of hydrogen-bond acceptors (Lipinski definition) is 7. The molecule has 8 nitrogen and oxygen atoms in total. The van der Waals surface area contributed by atoms with Crippen LogP contribution in [0.15, 0.2) is 46.3 Å². The van der Waals surface area contributed by atoms with Crippen molar-refractivity contribution in [3.05, 3.63) is 57.9 Å². The quantitative estimate of drug-likeness (QED) is 0.468. The van der Waals surface area contributed by atoms with Crippen LogP contribution in [-0.4, -0.2) is 34.0 Å². The summed E-state index contributed by atoms with van der Waals surface area (Å²) in [7, 11) is 0. The van der Waals surface area contributed by atoms with Crippen LogP contribution in [0.3, 0.4) is 0 Å². The minimum Gasteiger partial charge on any atom is -0.454 e. The van der Waals surface area contributed by atoms with Gasteiger partial charge >= 0.3 is 0 Å². The van der Waals surface area contributed by atoms with E-state index in [4.69, 9.17) is 14.7 Å². The Hall–Kier alpha value is -3.51. The maximum absolute atomic E-state index is 13.3. The van der Waals surface area contributed by atoms with Gasteiger partial charge in [-0.25, -0.2) is 4.98 Å². The number of carbonyl (C=O) groups excluding carboxylic acids is 1. The molecule has 1 aromatic heterocycles. The van der Waals surface area contributed by atoms with E-state index < -0.39 is 0 Å². The lowest BCUT2D eigenvalue weighted by Gasteiger charge is -2.13. The molecule has 158 valence electrons. The number of hydrogen-bond donors (Lipinski definition) is 1. The summed E-state index contributed by atoms with van der Waals surface area (Å²) in [5, 5.41) is 12.7. The van der Waals surface area contributed by atoms with Crippen LogP contribution in [0.25, 0.3) is 10.9 Å². The molecule has 0 saturated carbocycles. The minimum absolute atomic E-state index is 0.0463. The van der Waals surface area contributed by atoms with E-state index in [0.717, 1.165) is 5.56 Å². The molecule has 0 spiro atoms. The van der Waals surface area contributed by atoms with Gasteiger partial charge in [0.2, 0.25) is 6.79 Å². The Morgan fingerprint density at radius 1 is 1.26 bits per heavy atom. The van der Waals surface area contributed by atoms with Gasteiger partial charge < -0.3 is 14.8 Å². The molecule has 2 aromatic carbocycles. The first-order valence-corrected chi connectivity index (χ1v) is 10.7. The minimum atomic E-state index is -0.231.